The van der Waals surface area contributed by atoms with Crippen LogP contribution in [0.1, 0.15) is 10.6 Å². The zero-order chi connectivity index (χ0) is 20.2. The molecule has 4 aromatic rings. The summed E-state index contributed by atoms with van der Waals surface area (Å²) < 4.78 is 6.77. The second-order valence-electron chi connectivity index (χ2n) is 5.91. The van der Waals surface area contributed by atoms with E-state index in [-0.39, 0.29) is 23.3 Å². The summed E-state index contributed by atoms with van der Waals surface area (Å²) in [5.41, 5.74) is 2.04. The lowest BCUT2D eigenvalue weighted by molar-refractivity contribution is -0.113. The molecule has 2 aromatic heterocycles. The van der Waals surface area contributed by atoms with Gasteiger partial charge in [-0.1, -0.05) is 35.5 Å². The van der Waals surface area contributed by atoms with Gasteiger partial charge >= 0.3 is 0 Å². The number of rotatable bonds is 6. The van der Waals surface area contributed by atoms with Crippen LogP contribution in [-0.4, -0.2) is 22.6 Å². The molecular weight excluding hydrogens is 430 g/mol. The molecule has 0 aliphatic heterocycles. The first-order valence-corrected chi connectivity index (χ1v) is 10.7. The number of nitrogens with zero attached hydrogens (tertiary/aromatic N) is 1. The summed E-state index contributed by atoms with van der Waals surface area (Å²) in [5.74, 6) is -0.0127. The highest BCUT2D eigenvalue weighted by Crippen LogP contribution is 2.31. The lowest BCUT2D eigenvalue weighted by Gasteiger charge is -2.05. The second kappa shape index (κ2) is 8.69. The number of nitrogens with one attached hydrogen (secondary N) is 2. The number of amides is 2. The Morgan fingerprint density at radius 1 is 1.10 bits per heavy atom. The Morgan fingerprint density at radius 2 is 1.97 bits per heavy atom. The average molecular weight is 444 g/mol. The number of carbonyl (C=O) groups is 2. The summed E-state index contributed by atoms with van der Waals surface area (Å²) >= 11 is 8.86. The van der Waals surface area contributed by atoms with Gasteiger partial charge in [0.15, 0.2) is 10.1 Å². The van der Waals surface area contributed by atoms with Crippen LogP contribution < -0.4 is 10.6 Å². The van der Waals surface area contributed by atoms with Gasteiger partial charge in [-0.3, -0.25) is 9.59 Å². The van der Waals surface area contributed by atoms with Crippen LogP contribution in [0.3, 0.4) is 0 Å². The van der Waals surface area contributed by atoms with E-state index in [9.17, 15) is 9.59 Å². The van der Waals surface area contributed by atoms with E-state index in [4.69, 9.17) is 16.0 Å². The first-order valence-electron chi connectivity index (χ1n) is 8.51. The number of hydrogen-bond acceptors (Lipinski definition) is 6. The molecule has 29 heavy (non-hydrogen) atoms. The molecule has 0 aliphatic rings. The Morgan fingerprint density at radius 3 is 2.76 bits per heavy atom. The summed E-state index contributed by atoms with van der Waals surface area (Å²) in [6, 6.07) is 15.8. The van der Waals surface area contributed by atoms with Crippen LogP contribution in [0.2, 0.25) is 5.02 Å². The predicted octanol–water partition coefficient (Wildman–Crippen LogP) is 5.53. The Balaban J connectivity index is 1.39. The van der Waals surface area contributed by atoms with Crippen molar-refractivity contribution in [1.82, 2.24) is 4.98 Å². The fourth-order valence-electron chi connectivity index (χ4n) is 2.52. The van der Waals surface area contributed by atoms with Gasteiger partial charge in [0.1, 0.15) is 0 Å². The number of benzene rings is 2. The van der Waals surface area contributed by atoms with Gasteiger partial charge in [0.25, 0.3) is 5.91 Å². The molecule has 0 fully saturated rings. The van der Waals surface area contributed by atoms with E-state index in [1.807, 2.05) is 18.2 Å². The number of thioether (sulfide) groups is 1. The van der Waals surface area contributed by atoms with Gasteiger partial charge in [0.05, 0.1) is 32.9 Å². The minimum atomic E-state index is -0.315. The Labute approximate surface area is 179 Å². The van der Waals surface area contributed by atoms with Crippen molar-refractivity contribution in [1.29, 1.82) is 0 Å². The molecule has 0 bridgehead atoms. The summed E-state index contributed by atoms with van der Waals surface area (Å²) in [7, 11) is 0. The van der Waals surface area contributed by atoms with Crippen LogP contribution in [0.15, 0.2) is 69.6 Å². The van der Waals surface area contributed by atoms with Crippen LogP contribution in [0.5, 0.6) is 0 Å². The molecule has 9 heteroatoms. The molecule has 0 atom stereocenters. The van der Waals surface area contributed by atoms with Crippen molar-refractivity contribution in [2.45, 2.75) is 4.34 Å². The van der Waals surface area contributed by atoms with Gasteiger partial charge in [0, 0.05) is 5.69 Å². The normalized spacial score (nSPS) is 10.8. The molecular formula is C20H14ClN3O3S2. The number of carbonyl (C=O) groups excluding carboxylic acids is 2. The number of aromatic nitrogens is 1. The largest absolute Gasteiger partial charge is 0.459 e. The smallest absolute Gasteiger partial charge is 0.291 e. The number of hydrogen-bond donors (Lipinski definition) is 2. The molecule has 0 unspecified atom stereocenters. The molecule has 0 saturated heterocycles. The molecule has 6 nitrogen and oxygen atoms in total. The summed E-state index contributed by atoms with van der Waals surface area (Å²) in [6.45, 7) is 0. The second-order valence-corrected chi connectivity index (χ2v) is 8.57. The van der Waals surface area contributed by atoms with Gasteiger partial charge in [-0.25, -0.2) is 4.98 Å². The fourth-order valence-corrected chi connectivity index (χ4v) is 4.61. The van der Waals surface area contributed by atoms with Crippen molar-refractivity contribution in [3.63, 3.8) is 0 Å². The van der Waals surface area contributed by atoms with Crippen LogP contribution in [0.25, 0.3) is 10.2 Å². The maximum atomic E-state index is 12.2. The fraction of sp³-hybridized carbons (Fsp3) is 0.0500. The molecule has 0 spiro atoms. The van der Waals surface area contributed by atoms with E-state index in [0.717, 1.165) is 14.6 Å². The first kappa shape index (κ1) is 19.5. The zero-order valence-electron chi connectivity index (χ0n) is 14.8. The van der Waals surface area contributed by atoms with E-state index in [1.54, 1.807) is 36.4 Å². The van der Waals surface area contributed by atoms with Crippen molar-refractivity contribution in [2.24, 2.45) is 0 Å². The lowest BCUT2D eigenvalue weighted by atomic mass is 10.3. The van der Waals surface area contributed by atoms with Gasteiger partial charge in [-0.15, -0.1) is 11.3 Å². The van der Waals surface area contributed by atoms with Crippen molar-refractivity contribution < 1.29 is 14.0 Å². The maximum Gasteiger partial charge on any atom is 0.291 e. The van der Waals surface area contributed by atoms with Crippen molar-refractivity contribution in [3.05, 3.63) is 71.6 Å². The molecule has 146 valence electrons. The van der Waals surface area contributed by atoms with Crippen molar-refractivity contribution in [3.8, 4) is 0 Å². The third kappa shape index (κ3) is 4.79. The highest BCUT2D eigenvalue weighted by atomic mass is 35.5. The third-order valence-electron chi connectivity index (χ3n) is 3.85. The number of furan rings is 1. The van der Waals surface area contributed by atoms with E-state index in [1.165, 1.54) is 29.4 Å². The highest BCUT2D eigenvalue weighted by Gasteiger charge is 2.12. The van der Waals surface area contributed by atoms with E-state index >= 15 is 0 Å². The molecule has 0 saturated carbocycles. The average Bonchev–Trinajstić information content (AvgIpc) is 3.37. The molecule has 4 rings (SSSR count). The summed E-state index contributed by atoms with van der Waals surface area (Å²) in [4.78, 5) is 28.8. The topological polar surface area (TPSA) is 84.2 Å². The number of halogens is 1. The standard InChI is InChI=1S/C20H14ClN3O3S2/c21-13-4-1-2-5-14(13)23-18(25)11-28-20-24-15-8-7-12(10-17(15)29-20)22-19(26)16-6-3-9-27-16/h1-10H,11H2,(H,22,26)(H,23,25). The maximum absolute atomic E-state index is 12.2. The molecule has 2 heterocycles. The Kier molecular flexibility index (Phi) is 5.84. The van der Waals surface area contributed by atoms with Crippen LogP contribution in [0, 0.1) is 0 Å². The van der Waals surface area contributed by atoms with E-state index in [0.29, 0.717) is 16.4 Å². The van der Waals surface area contributed by atoms with E-state index < -0.39 is 0 Å². The van der Waals surface area contributed by atoms with E-state index in [2.05, 4.69) is 15.6 Å². The molecule has 0 aliphatic carbocycles. The number of anilines is 2. The van der Waals surface area contributed by atoms with Gasteiger partial charge < -0.3 is 15.1 Å². The van der Waals surface area contributed by atoms with Crippen molar-refractivity contribution in [2.75, 3.05) is 16.4 Å². The Bertz CT molecular complexity index is 1170. The van der Waals surface area contributed by atoms with Crippen molar-refractivity contribution >= 4 is 68.1 Å². The predicted molar refractivity (Wildman–Crippen MR) is 117 cm³/mol. The van der Waals surface area contributed by atoms with Crippen LogP contribution in [-0.2, 0) is 4.79 Å². The number of para-hydroxylation sites is 1. The van der Waals surface area contributed by atoms with Gasteiger partial charge in [-0.05, 0) is 42.5 Å². The minimum absolute atomic E-state index is 0.159. The monoisotopic (exact) mass is 443 g/mol. The first-order chi connectivity index (χ1) is 14.1. The summed E-state index contributed by atoms with van der Waals surface area (Å²) in [6.07, 6.45) is 1.45. The third-order valence-corrected chi connectivity index (χ3v) is 6.34. The number of thiazole rings is 1. The lowest BCUT2D eigenvalue weighted by Crippen LogP contribution is -2.14. The minimum Gasteiger partial charge on any atom is -0.459 e. The SMILES string of the molecule is O=C(CSc1nc2ccc(NC(=O)c3ccco3)cc2s1)Nc1ccccc1Cl. The number of fused-ring (bicyclic) bond motifs is 1. The quantitative estimate of drug-likeness (QED) is 0.383. The molecule has 2 N–H and O–H groups in total. The summed E-state index contributed by atoms with van der Waals surface area (Å²) in [5, 5.41) is 6.07. The van der Waals surface area contributed by atoms with Crippen LogP contribution in [0.4, 0.5) is 11.4 Å². The van der Waals surface area contributed by atoms with Gasteiger partial charge in [0.2, 0.25) is 5.91 Å². The van der Waals surface area contributed by atoms with Gasteiger partial charge in [-0.2, -0.15) is 0 Å². The molecule has 2 amide bonds. The van der Waals surface area contributed by atoms with Crippen LogP contribution >= 0.6 is 34.7 Å². The molecule has 2 aromatic carbocycles. The Hall–Kier alpha value is -2.81. The zero-order valence-corrected chi connectivity index (χ0v) is 17.2. The highest BCUT2D eigenvalue weighted by molar-refractivity contribution is 8.01. The molecule has 0 radical (unpaired) electrons.